The molecule has 21 nitrogen and oxygen atoms in total. The largest absolute Gasteiger partial charge is 0.378 e. The number of nitrogens with zero attached hydrogens (tertiary/aromatic N) is 10. The molecule has 12 rings (SSSR count). The molecule has 4 aliphatic heterocycles. The van der Waals surface area contributed by atoms with Crippen LogP contribution in [0.4, 0.5) is 23.0 Å². The summed E-state index contributed by atoms with van der Waals surface area (Å²) in [6.07, 6.45) is 13.9. The van der Waals surface area contributed by atoms with Gasteiger partial charge in [0.25, 0.3) is 11.8 Å². The van der Waals surface area contributed by atoms with Crippen LogP contribution in [-0.4, -0.2) is 157 Å². The number of carbonyl (C=O) groups is 4. The van der Waals surface area contributed by atoms with Gasteiger partial charge < -0.3 is 45.6 Å². The molecule has 87 heavy (non-hydrogen) atoms. The van der Waals surface area contributed by atoms with E-state index in [2.05, 4.69) is 95.4 Å². The minimum Gasteiger partial charge on any atom is -0.378 e. The summed E-state index contributed by atoms with van der Waals surface area (Å²) in [5.41, 5.74) is 15.8. The molecular formula is C64H75Cl2N15O6. The molecule has 8 aromatic rings. The molecule has 2 atom stereocenters. The van der Waals surface area contributed by atoms with Crippen LogP contribution in [0, 0.1) is 5.92 Å². The second kappa shape index (κ2) is 31.4. The predicted octanol–water partition coefficient (Wildman–Crippen LogP) is 9.49. The monoisotopic (exact) mass is 1220 g/mol. The Kier molecular flexibility index (Phi) is 23.3. The van der Waals surface area contributed by atoms with Crippen LogP contribution in [0.25, 0.3) is 44.6 Å². The van der Waals surface area contributed by atoms with Crippen molar-refractivity contribution in [2.75, 3.05) is 99.2 Å². The third-order valence-electron chi connectivity index (χ3n) is 15.3. The summed E-state index contributed by atoms with van der Waals surface area (Å²) < 4.78 is 11.0. The molecule has 0 aliphatic carbocycles. The van der Waals surface area contributed by atoms with E-state index in [1.54, 1.807) is 25.0 Å². The fraction of sp³-hybridized carbons (Fsp3) is 0.344. The van der Waals surface area contributed by atoms with E-state index in [1.807, 2.05) is 72.8 Å². The van der Waals surface area contributed by atoms with Gasteiger partial charge in [0.15, 0.2) is 5.78 Å². The Bertz CT molecular complexity index is 3630. The van der Waals surface area contributed by atoms with E-state index >= 15 is 0 Å². The van der Waals surface area contributed by atoms with Crippen molar-refractivity contribution in [3.05, 3.63) is 158 Å². The molecule has 0 radical (unpaired) electrons. The Balaban J connectivity index is 0.000000206. The number of ether oxygens (including phenoxy) is 2. The summed E-state index contributed by atoms with van der Waals surface area (Å²) in [4.78, 5) is 89.7. The van der Waals surface area contributed by atoms with Gasteiger partial charge in [-0.25, -0.2) is 19.9 Å². The van der Waals surface area contributed by atoms with Gasteiger partial charge in [0, 0.05) is 100.0 Å². The normalized spacial score (nSPS) is 17.0. The lowest BCUT2D eigenvalue weighted by atomic mass is 9.92. The quantitative estimate of drug-likeness (QED) is 0.0446. The number of fused-ring (bicyclic) bond motifs is 2. The van der Waals surface area contributed by atoms with E-state index in [1.165, 1.54) is 6.08 Å². The summed E-state index contributed by atoms with van der Waals surface area (Å²) in [7, 11) is 0. The average molecular weight is 1220 g/mol. The molecular weight excluding hydrogens is 1150 g/mol. The molecule has 2 amide bonds. The Morgan fingerprint density at radius 3 is 1.49 bits per heavy atom. The van der Waals surface area contributed by atoms with E-state index in [0.717, 1.165) is 165 Å². The Morgan fingerprint density at radius 1 is 0.609 bits per heavy atom. The first-order chi connectivity index (χ1) is 41.4. The van der Waals surface area contributed by atoms with E-state index in [-0.39, 0.29) is 43.5 Å². The SMILES string of the molecule is C.C=CC(=O)C[C@@H]1CCCN(Cc2ccnc(C(=O)Nc3ccc(-c4cc5c(N6CCOCC6)ncnc5[nH]4)cc3)c2)C1.C=CC(=O)Cl.Cl.N[C@@H]1CCCN(Cc2ccnc(C(=O)Nc3ccc(-c4cc5c(N6CCOCC6)ncnc5[nH]4)cc3)c2)C1. The molecule has 6 N–H and O–H groups in total. The number of hydrogen-bond acceptors (Lipinski definition) is 17. The van der Waals surface area contributed by atoms with Gasteiger partial charge in [0.2, 0.25) is 5.24 Å². The number of piperidine rings is 2. The fourth-order valence-corrected chi connectivity index (χ4v) is 11.0. The van der Waals surface area contributed by atoms with Crippen LogP contribution >= 0.6 is 24.0 Å². The number of benzene rings is 2. The number of amides is 2. The van der Waals surface area contributed by atoms with Crippen molar-refractivity contribution >= 4 is 91.9 Å². The van der Waals surface area contributed by atoms with Crippen LogP contribution in [-0.2, 0) is 32.2 Å². The first kappa shape index (κ1) is 64.7. The molecule has 456 valence electrons. The first-order valence-corrected chi connectivity index (χ1v) is 29.1. The first-order valence-electron chi connectivity index (χ1n) is 28.7. The highest BCUT2D eigenvalue weighted by molar-refractivity contribution is 6.66. The second-order valence-corrected chi connectivity index (χ2v) is 21.8. The number of morpholine rings is 2. The smallest absolute Gasteiger partial charge is 0.274 e. The topological polar surface area (TPSA) is 259 Å². The maximum absolute atomic E-state index is 13.1. The zero-order chi connectivity index (χ0) is 59.1. The number of pyridine rings is 2. The number of nitrogens with two attached hydrogens (primary N) is 1. The van der Waals surface area contributed by atoms with Crippen LogP contribution in [0.1, 0.15) is 71.6 Å². The van der Waals surface area contributed by atoms with Crippen molar-refractivity contribution < 1.29 is 28.7 Å². The fourth-order valence-electron chi connectivity index (χ4n) is 11.0. The summed E-state index contributed by atoms with van der Waals surface area (Å²) in [5.74, 6) is 1.79. The van der Waals surface area contributed by atoms with Crippen molar-refractivity contribution in [2.45, 2.75) is 58.7 Å². The van der Waals surface area contributed by atoms with Crippen LogP contribution in [0.3, 0.4) is 0 Å². The van der Waals surface area contributed by atoms with Crippen molar-refractivity contribution in [2.24, 2.45) is 11.7 Å². The van der Waals surface area contributed by atoms with Crippen LogP contribution < -0.4 is 26.2 Å². The Hall–Kier alpha value is -8.28. The minimum atomic E-state index is -0.509. The van der Waals surface area contributed by atoms with Crippen LogP contribution in [0.15, 0.2) is 135 Å². The number of ketones is 1. The third-order valence-corrected chi connectivity index (χ3v) is 15.4. The number of nitrogens with one attached hydrogen (secondary N) is 4. The number of hydrogen-bond donors (Lipinski definition) is 5. The van der Waals surface area contributed by atoms with Crippen LogP contribution in [0.2, 0.25) is 0 Å². The molecule has 0 unspecified atom stereocenters. The van der Waals surface area contributed by atoms with E-state index in [4.69, 9.17) is 26.8 Å². The number of carbonyl (C=O) groups excluding carboxylic acids is 4. The number of allylic oxidation sites excluding steroid dienone is 2. The number of likely N-dealkylation sites (tertiary alicyclic amines) is 2. The number of H-pyrrole nitrogens is 2. The highest BCUT2D eigenvalue weighted by atomic mass is 35.5. The summed E-state index contributed by atoms with van der Waals surface area (Å²) >= 11 is 4.71. The molecule has 4 fully saturated rings. The summed E-state index contributed by atoms with van der Waals surface area (Å²) in [5, 5.41) is 7.39. The number of halogens is 2. The van der Waals surface area contributed by atoms with Crippen molar-refractivity contribution in [3.8, 4) is 22.5 Å². The van der Waals surface area contributed by atoms with Gasteiger partial charge in [-0.1, -0.05) is 44.8 Å². The standard InChI is InChI=1S/C32H35N7O3.C28H32N8O2.C3H3ClO.CH4.ClH/c1-2-26(40)16-22-4-3-11-38(19-22)20-23-9-10-33-29(17-23)32(41)36-25-7-5-24(6-8-25)28-18-27-30(37-28)34-21-35-31(27)39-12-14-42-15-13-39;29-21-2-1-9-35(17-21)16-19-7-8-30-25(14-19)28(37)33-22-5-3-20(4-6-22)24-15-23-26(34-24)31-18-32-27(23)36-10-12-38-13-11-36;1-2-3(4)5;;/h2,5-10,17-18,21-22H,1,3-4,11-16,19-20H2,(H,36,41)(H,34,35,37);3-8,14-15,18,21H,1-2,9-13,16-17,29H2,(H,33,37)(H,31,32,34);2H,1H2;1H4;1H/t22-;21-;;;/m01.../s1. The van der Waals surface area contributed by atoms with Gasteiger partial charge in [-0.3, -0.25) is 38.9 Å². The number of aromatic amines is 2. The van der Waals surface area contributed by atoms with Gasteiger partial charge in [0.05, 0.1) is 37.2 Å². The molecule has 4 saturated heterocycles. The van der Waals surface area contributed by atoms with Gasteiger partial charge in [-0.2, -0.15) is 0 Å². The number of rotatable bonds is 16. The maximum Gasteiger partial charge on any atom is 0.274 e. The molecule has 10 heterocycles. The highest BCUT2D eigenvalue weighted by Crippen LogP contribution is 2.32. The molecule has 0 saturated carbocycles. The Labute approximate surface area is 517 Å². The lowest BCUT2D eigenvalue weighted by Crippen LogP contribution is -2.42. The van der Waals surface area contributed by atoms with Crippen molar-refractivity contribution in [1.29, 1.82) is 0 Å². The molecule has 0 spiro atoms. The van der Waals surface area contributed by atoms with Gasteiger partial charge in [0.1, 0.15) is 47.0 Å². The molecule has 4 aliphatic rings. The van der Waals surface area contributed by atoms with Gasteiger partial charge in [-0.05, 0) is 151 Å². The average Bonchev–Trinajstić information content (AvgIpc) is 2.29. The zero-order valence-corrected chi connectivity index (χ0v) is 49.4. The molecule has 6 aromatic heterocycles. The second-order valence-electron chi connectivity index (χ2n) is 21.4. The molecule has 2 aromatic carbocycles. The number of aromatic nitrogens is 8. The van der Waals surface area contributed by atoms with Crippen molar-refractivity contribution in [1.82, 2.24) is 49.7 Å². The molecule has 23 heteroatoms. The Morgan fingerprint density at radius 2 is 1.06 bits per heavy atom. The van der Waals surface area contributed by atoms with Crippen molar-refractivity contribution in [3.63, 3.8) is 0 Å². The lowest BCUT2D eigenvalue weighted by molar-refractivity contribution is -0.115. The summed E-state index contributed by atoms with van der Waals surface area (Å²) in [6.45, 7) is 17.9. The predicted molar refractivity (Wildman–Crippen MR) is 344 cm³/mol. The molecule has 0 bridgehead atoms. The van der Waals surface area contributed by atoms with Crippen LogP contribution in [0.5, 0.6) is 0 Å². The minimum absolute atomic E-state index is 0. The highest BCUT2D eigenvalue weighted by Gasteiger charge is 2.24. The van der Waals surface area contributed by atoms with Gasteiger partial charge in [-0.15, -0.1) is 12.4 Å². The summed E-state index contributed by atoms with van der Waals surface area (Å²) in [6, 6.07) is 27.4. The lowest BCUT2D eigenvalue weighted by Gasteiger charge is -2.32. The number of anilines is 4. The van der Waals surface area contributed by atoms with E-state index in [9.17, 15) is 19.2 Å². The van der Waals surface area contributed by atoms with E-state index in [0.29, 0.717) is 61.5 Å². The third kappa shape index (κ3) is 17.5. The van der Waals surface area contributed by atoms with Gasteiger partial charge >= 0.3 is 0 Å². The maximum atomic E-state index is 13.1. The zero-order valence-electron chi connectivity index (χ0n) is 47.8. The van der Waals surface area contributed by atoms with E-state index < -0.39 is 5.24 Å².